The Bertz CT molecular complexity index is 724. The number of hydrogen-bond donors (Lipinski definition) is 0. The van der Waals surface area contributed by atoms with Gasteiger partial charge in [-0.25, -0.2) is 4.98 Å². The number of halogens is 1. The second kappa shape index (κ2) is 8.64. The molecule has 0 radical (unpaired) electrons. The highest BCUT2D eigenvalue weighted by molar-refractivity contribution is 6.30. The molecule has 1 aromatic carbocycles. The van der Waals surface area contributed by atoms with E-state index in [4.69, 9.17) is 21.1 Å². The Morgan fingerprint density at radius 2 is 2.15 bits per heavy atom. The molecule has 1 fully saturated rings. The number of hydrogen-bond acceptors (Lipinski definition) is 6. The van der Waals surface area contributed by atoms with Gasteiger partial charge in [0.25, 0.3) is 0 Å². The van der Waals surface area contributed by atoms with E-state index in [-0.39, 0.29) is 6.79 Å². The van der Waals surface area contributed by atoms with Gasteiger partial charge in [-0.15, -0.1) is 10.2 Å². The Morgan fingerprint density at radius 1 is 1.31 bits per heavy atom. The van der Waals surface area contributed by atoms with E-state index in [9.17, 15) is 0 Å². The molecular weight excluding hydrogens is 352 g/mol. The van der Waals surface area contributed by atoms with Crippen molar-refractivity contribution in [2.45, 2.75) is 26.7 Å². The van der Waals surface area contributed by atoms with E-state index >= 15 is 0 Å². The molecule has 0 aliphatic carbocycles. The fraction of sp³-hybridized carbons (Fsp3) is 0.526. The van der Waals surface area contributed by atoms with Crippen molar-refractivity contribution in [3.8, 4) is 17.0 Å². The van der Waals surface area contributed by atoms with Gasteiger partial charge in [0.1, 0.15) is 11.4 Å². The minimum atomic E-state index is 0.136. The number of methoxy groups -OCH3 is 1. The van der Waals surface area contributed by atoms with Crippen LogP contribution in [0.4, 0.5) is 5.95 Å². The topological polar surface area (TPSA) is 60.4 Å². The summed E-state index contributed by atoms with van der Waals surface area (Å²) in [5.74, 6) is 2.63. The highest BCUT2D eigenvalue weighted by Gasteiger charge is 2.24. The molecule has 0 bridgehead atoms. The van der Waals surface area contributed by atoms with Crippen molar-refractivity contribution in [2.24, 2.45) is 11.8 Å². The number of benzene rings is 1. The van der Waals surface area contributed by atoms with Crippen LogP contribution in [0.3, 0.4) is 0 Å². The van der Waals surface area contributed by atoms with E-state index < -0.39 is 0 Å². The monoisotopic (exact) mass is 376 g/mol. The average Bonchev–Trinajstić information content (AvgIpc) is 2.67. The first-order valence-corrected chi connectivity index (χ1v) is 9.32. The average molecular weight is 377 g/mol. The summed E-state index contributed by atoms with van der Waals surface area (Å²) < 4.78 is 10.6. The lowest BCUT2D eigenvalue weighted by atomic mass is 9.88. The van der Waals surface area contributed by atoms with Crippen LogP contribution in [-0.2, 0) is 4.74 Å². The molecule has 26 heavy (non-hydrogen) atoms. The number of ether oxygens (including phenoxy) is 2. The van der Waals surface area contributed by atoms with Gasteiger partial charge in [0, 0.05) is 30.8 Å². The maximum atomic E-state index is 6.07. The zero-order valence-electron chi connectivity index (χ0n) is 15.5. The Balaban J connectivity index is 1.79. The lowest BCUT2D eigenvalue weighted by Crippen LogP contribution is -2.38. The standard InChI is InChI=1S/C19H25ClN4O2/c1-13(2)14-5-4-8-24(11-14)19-21-10-17(22-23-19)16-7-6-15(20)9-18(16)26-12-25-3/h6-7,9-10,13-14H,4-5,8,11-12H2,1-3H3/t14-/m1/s1. The molecule has 1 aromatic heterocycles. The van der Waals surface area contributed by atoms with Gasteiger partial charge in [-0.1, -0.05) is 25.4 Å². The molecule has 2 heterocycles. The largest absolute Gasteiger partial charge is 0.467 e. The Kier molecular flexibility index (Phi) is 6.27. The first-order valence-electron chi connectivity index (χ1n) is 8.95. The van der Waals surface area contributed by atoms with Gasteiger partial charge in [0.15, 0.2) is 6.79 Å². The van der Waals surface area contributed by atoms with Gasteiger partial charge in [-0.05, 0) is 42.9 Å². The Labute approximate surface area is 159 Å². The van der Waals surface area contributed by atoms with E-state index in [0.717, 1.165) is 18.7 Å². The second-order valence-electron chi connectivity index (χ2n) is 6.93. The third kappa shape index (κ3) is 4.43. The summed E-state index contributed by atoms with van der Waals surface area (Å²) in [6.07, 6.45) is 4.18. The third-order valence-corrected chi connectivity index (χ3v) is 5.02. The van der Waals surface area contributed by atoms with Gasteiger partial charge in [0.2, 0.25) is 5.95 Å². The van der Waals surface area contributed by atoms with Crippen LogP contribution in [0.15, 0.2) is 24.4 Å². The van der Waals surface area contributed by atoms with Crippen molar-refractivity contribution >= 4 is 17.5 Å². The molecule has 0 N–H and O–H groups in total. The Morgan fingerprint density at radius 3 is 2.85 bits per heavy atom. The van der Waals surface area contributed by atoms with Gasteiger partial charge in [0.05, 0.1) is 6.20 Å². The third-order valence-electron chi connectivity index (χ3n) is 4.78. The maximum absolute atomic E-state index is 6.07. The molecular formula is C19H25ClN4O2. The fourth-order valence-corrected chi connectivity index (χ4v) is 3.38. The van der Waals surface area contributed by atoms with Gasteiger partial charge >= 0.3 is 0 Å². The van der Waals surface area contributed by atoms with Crippen molar-refractivity contribution in [3.05, 3.63) is 29.4 Å². The van der Waals surface area contributed by atoms with Crippen LogP contribution in [-0.4, -0.2) is 42.2 Å². The summed E-state index contributed by atoms with van der Waals surface area (Å²) in [5, 5.41) is 9.32. The summed E-state index contributed by atoms with van der Waals surface area (Å²) in [4.78, 5) is 6.78. The zero-order chi connectivity index (χ0) is 18.5. The molecule has 1 saturated heterocycles. The van der Waals surface area contributed by atoms with Gasteiger partial charge < -0.3 is 14.4 Å². The normalized spacial score (nSPS) is 17.6. The molecule has 6 nitrogen and oxygen atoms in total. The van der Waals surface area contributed by atoms with Crippen LogP contribution in [0, 0.1) is 11.8 Å². The summed E-state index contributed by atoms with van der Waals surface area (Å²) in [6.45, 7) is 6.66. The van der Waals surface area contributed by atoms with E-state index in [1.807, 2.05) is 6.07 Å². The van der Waals surface area contributed by atoms with Crippen molar-refractivity contribution in [3.63, 3.8) is 0 Å². The van der Waals surface area contributed by atoms with Crippen LogP contribution < -0.4 is 9.64 Å². The lowest BCUT2D eigenvalue weighted by molar-refractivity contribution is 0.0515. The molecule has 2 aromatic rings. The molecule has 3 rings (SSSR count). The van der Waals surface area contributed by atoms with E-state index in [0.29, 0.717) is 34.3 Å². The predicted molar refractivity (Wildman–Crippen MR) is 103 cm³/mol. The SMILES string of the molecule is COCOc1cc(Cl)ccc1-c1cnc(N2CCC[C@@H](C(C)C)C2)nn1. The summed E-state index contributed by atoms with van der Waals surface area (Å²) in [6, 6.07) is 5.39. The first kappa shape index (κ1) is 18.9. The lowest BCUT2D eigenvalue weighted by Gasteiger charge is -2.34. The molecule has 1 atom stereocenters. The van der Waals surface area contributed by atoms with Gasteiger partial charge in [-0.3, -0.25) is 0 Å². The number of aromatic nitrogens is 3. The Hall–Kier alpha value is -1.92. The smallest absolute Gasteiger partial charge is 0.245 e. The first-order chi connectivity index (χ1) is 12.6. The molecule has 140 valence electrons. The van der Waals surface area contributed by atoms with Crippen molar-refractivity contribution in [2.75, 3.05) is 31.9 Å². The van der Waals surface area contributed by atoms with Crippen LogP contribution in [0.25, 0.3) is 11.3 Å². The molecule has 0 unspecified atom stereocenters. The molecule has 1 aliphatic rings. The fourth-order valence-electron chi connectivity index (χ4n) is 3.22. The number of piperidine rings is 1. The summed E-state index contributed by atoms with van der Waals surface area (Å²) >= 11 is 6.07. The van der Waals surface area contributed by atoms with E-state index in [2.05, 4.69) is 33.9 Å². The molecule has 7 heteroatoms. The van der Waals surface area contributed by atoms with Gasteiger partial charge in [-0.2, -0.15) is 0 Å². The zero-order valence-corrected chi connectivity index (χ0v) is 16.2. The van der Waals surface area contributed by atoms with Crippen molar-refractivity contribution in [1.82, 2.24) is 15.2 Å². The molecule has 0 saturated carbocycles. The second-order valence-corrected chi connectivity index (χ2v) is 7.36. The van der Waals surface area contributed by atoms with Crippen LogP contribution in [0.5, 0.6) is 5.75 Å². The summed E-state index contributed by atoms with van der Waals surface area (Å²) in [5.41, 5.74) is 1.44. The van der Waals surface area contributed by atoms with Crippen LogP contribution in [0.2, 0.25) is 5.02 Å². The minimum absolute atomic E-state index is 0.136. The van der Waals surface area contributed by atoms with Crippen molar-refractivity contribution < 1.29 is 9.47 Å². The van der Waals surface area contributed by atoms with E-state index in [1.165, 1.54) is 12.8 Å². The van der Waals surface area contributed by atoms with Crippen LogP contribution >= 0.6 is 11.6 Å². The highest BCUT2D eigenvalue weighted by Crippen LogP contribution is 2.31. The van der Waals surface area contributed by atoms with Crippen molar-refractivity contribution in [1.29, 1.82) is 0 Å². The van der Waals surface area contributed by atoms with Crippen LogP contribution in [0.1, 0.15) is 26.7 Å². The summed E-state index contributed by atoms with van der Waals surface area (Å²) in [7, 11) is 1.57. The quantitative estimate of drug-likeness (QED) is 0.709. The number of rotatable bonds is 6. The highest BCUT2D eigenvalue weighted by atomic mass is 35.5. The number of nitrogens with zero attached hydrogens (tertiary/aromatic N) is 4. The minimum Gasteiger partial charge on any atom is -0.467 e. The molecule has 0 spiro atoms. The molecule has 1 aliphatic heterocycles. The maximum Gasteiger partial charge on any atom is 0.245 e. The van der Waals surface area contributed by atoms with E-state index in [1.54, 1.807) is 25.4 Å². The predicted octanol–water partition coefficient (Wildman–Crippen LogP) is 4.05. The number of anilines is 1. The molecule has 0 amide bonds.